The average Bonchev–Trinajstić information content (AvgIpc) is 2.44. The smallest absolute Gasteiger partial charge is 0.141 e. The zero-order valence-corrected chi connectivity index (χ0v) is 12.6. The van der Waals surface area contributed by atoms with Crippen LogP contribution in [0.15, 0.2) is 18.2 Å². The molecule has 1 aliphatic heterocycles. The third kappa shape index (κ3) is 3.92. The molecule has 1 aromatic carbocycles. The Kier molecular flexibility index (Phi) is 5.78. The average molecular weight is 301 g/mol. The second-order valence-corrected chi connectivity index (χ2v) is 5.76. The van der Waals surface area contributed by atoms with Gasteiger partial charge in [-0.25, -0.2) is 4.39 Å². The fourth-order valence-electron chi connectivity index (χ4n) is 2.69. The van der Waals surface area contributed by atoms with E-state index in [4.69, 9.17) is 22.1 Å². The zero-order chi connectivity index (χ0) is 14.5. The molecule has 1 aromatic rings. The molecule has 2 rings (SSSR count). The number of ether oxygens (including phenoxy) is 1. The van der Waals surface area contributed by atoms with Crippen molar-refractivity contribution in [2.75, 3.05) is 26.7 Å². The lowest BCUT2D eigenvalue weighted by Crippen LogP contribution is -2.38. The van der Waals surface area contributed by atoms with Crippen LogP contribution in [0.1, 0.15) is 30.9 Å². The summed E-state index contributed by atoms with van der Waals surface area (Å²) in [5, 5.41) is 0.142. The number of benzene rings is 1. The molecule has 0 bridgehead atoms. The highest BCUT2D eigenvalue weighted by Crippen LogP contribution is 2.25. The van der Waals surface area contributed by atoms with Crippen molar-refractivity contribution in [3.63, 3.8) is 0 Å². The molecular weight excluding hydrogens is 279 g/mol. The summed E-state index contributed by atoms with van der Waals surface area (Å²) in [6.45, 7) is 2.14. The Morgan fingerprint density at radius 3 is 2.90 bits per heavy atom. The molecule has 0 radical (unpaired) electrons. The first kappa shape index (κ1) is 15.7. The first-order valence-corrected chi connectivity index (χ1v) is 7.46. The van der Waals surface area contributed by atoms with Crippen LogP contribution in [0, 0.1) is 5.82 Å². The SMILES string of the molecule is CN(CC1CCCCO1)C(CN)c1ccc(F)c(Cl)c1. The molecule has 0 aliphatic carbocycles. The van der Waals surface area contributed by atoms with Gasteiger partial charge in [-0.15, -0.1) is 0 Å². The minimum Gasteiger partial charge on any atom is -0.377 e. The van der Waals surface area contributed by atoms with Crippen molar-refractivity contribution in [3.05, 3.63) is 34.6 Å². The third-order valence-electron chi connectivity index (χ3n) is 3.85. The monoisotopic (exact) mass is 300 g/mol. The van der Waals surface area contributed by atoms with Gasteiger partial charge in [0.15, 0.2) is 0 Å². The van der Waals surface area contributed by atoms with Crippen LogP contribution in [-0.4, -0.2) is 37.7 Å². The maximum Gasteiger partial charge on any atom is 0.141 e. The van der Waals surface area contributed by atoms with Crippen molar-refractivity contribution in [3.8, 4) is 0 Å². The standard InChI is InChI=1S/C15H22ClFN2O/c1-19(10-12-4-2-3-7-20-12)15(9-18)11-5-6-14(17)13(16)8-11/h5-6,8,12,15H,2-4,7,9-10,18H2,1H3. The highest BCUT2D eigenvalue weighted by atomic mass is 35.5. The normalized spacial score (nSPS) is 21.1. The molecular formula is C15H22ClFN2O. The number of hydrogen-bond acceptors (Lipinski definition) is 3. The van der Waals surface area contributed by atoms with Crippen molar-refractivity contribution in [1.29, 1.82) is 0 Å². The van der Waals surface area contributed by atoms with E-state index in [1.54, 1.807) is 12.1 Å². The minimum absolute atomic E-state index is 0.0265. The Labute approximate surface area is 124 Å². The number of rotatable bonds is 5. The lowest BCUT2D eigenvalue weighted by molar-refractivity contribution is -0.00778. The highest BCUT2D eigenvalue weighted by Gasteiger charge is 2.22. The van der Waals surface area contributed by atoms with Crippen molar-refractivity contribution in [2.24, 2.45) is 5.73 Å². The van der Waals surface area contributed by atoms with Gasteiger partial charge in [-0.2, -0.15) is 0 Å². The molecule has 2 atom stereocenters. The minimum atomic E-state index is -0.399. The molecule has 2 unspecified atom stereocenters. The van der Waals surface area contributed by atoms with Crippen LogP contribution in [0.25, 0.3) is 0 Å². The van der Waals surface area contributed by atoms with Crippen LogP contribution in [0.5, 0.6) is 0 Å². The quantitative estimate of drug-likeness (QED) is 0.908. The molecule has 2 N–H and O–H groups in total. The van der Waals surface area contributed by atoms with Crippen LogP contribution in [0.4, 0.5) is 4.39 Å². The molecule has 0 spiro atoms. The van der Waals surface area contributed by atoms with Gasteiger partial charge in [0, 0.05) is 25.7 Å². The van der Waals surface area contributed by atoms with E-state index in [0.29, 0.717) is 6.54 Å². The van der Waals surface area contributed by atoms with Gasteiger partial charge in [0.05, 0.1) is 11.1 Å². The summed E-state index contributed by atoms with van der Waals surface area (Å²) >= 11 is 5.85. The molecule has 5 heteroatoms. The predicted molar refractivity (Wildman–Crippen MR) is 79.4 cm³/mol. The molecule has 0 saturated carbocycles. The number of likely N-dealkylation sites (N-methyl/N-ethyl adjacent to an activating group) is 1. The highest BCUT2D eigenvalue weighted by molar-refractivity contribution is 6.30. The van der Waals surface area contributed by atoms with Gasteiger partial charge in [-0.05, 0) is 44.0 Å². The summed E-state index contributed by atoms with van der Waals surface area (Å²) in [6.07, 6.45) is 3.72. The molecule has 0 amide bonds. The first-order chi connectivity index (χ1) is 9.61. The molecule has 1 fully saturated rings. The second kappa shape index (κ2) is 7.36. The van der Waals surface area contributed by atoms with Gasteiger partial charge in [0.1, 0.15) is 5.82 Å². The fourth-order valence-corrected chi connectivity index (χ4v) is 2.88. The first-order valence-electron chi connectivity index (χ1n) is 7.08. The second-order valence-electron chi connectivity index (χ2n) is 5.35. The Balaban J connectivity index is 2.03. The lowest BCUT2D eigenvalue weighted by atomic mass is 10.0. The Bertz CT molecular complexity index is 438. The predicted octanol–water partition coefficient (Wildman–Crippen LogP) is 2.98. The van der Waals surface area contributed by atoms with E-state index in [2.05, 4.69) is 4.90 Å². The molecule has 112 valence electrons. The zero-order valence-electron chi connectivity index (χ0n) is 11.8. The Hall–Kier alpha value is -0.680. The number of nitrogens with two attached hydrogens (primary N) is 1. The van der Waals surface area contributed by atoms with Crippen molar-refractivity contribution in [2.45, 2.75) is 31.4 Å². The Morgan fingerprint density at radius 1 is 1.50 bits per heavy atom. The van der Waals surface area contributed by atoms with Crippen LogP contribution < -0.4 is 5.73 Å². The largest absolute Gasteiger partial charge is 0.377 e. The fraction of sp³-hybridized carbons (Fsp3) is 0.600. The van der Waals surface area contributed by atoms with Crippen LogP contribution >= 0.6 is 11.6 Å². The molecule has 1 aliphatic rings. The molecule has 1 saturated heterocycles. The van der Waals surface area contributed by atoms with Crippen LogP contribution in [0.3, 0.4) is 0 Å². The van der Waals surface area contributed by atoms with Gasteiger partial charge in [-0.1, -0.05) is 17.7 Å². The summed E-state index contributed by atoms with van der Waals surface area (Å²) in [7, 11) is 2.02. The van der Waals surface area contributed by atoms with E-state index in [9.17, 15) is 4.39 Å². The summed E-state index contributed by atoms with van der Waals surface area (Å²) in [6, 6.07) is 4.83. The lowest BCUT2D eigenvalue weighted by Gasteiger charge is -2.32. The van der Waals surface area contributed by atoms with Crippen molar-refractivity contribution in [1.82, 2.24) is 4.90 Å². The summed E-state index contributed by atoms with van der Waals surface area (Å²) in [5.41, 5.74) is 6.82. The molecule has 20 heavy (non-hydrogen) atoms. The number of nitrogens with zero attached hydrogens (tertiary/aromatic N) is 1. The van der Waals surface area contributed by atoms with Gasteiger partial charge < -0.3 is 10.5 Å². The van der Waals surface area contributed by atoms with Gasteiger partial charge in [0.2, 0.25) is 0 Å². The van der Waals surface area contributed by atoms with E-state index in [1.807, 2.05) is 7.05 Å². The molecule has 1 heterocycles. The van der Waals surface area contributed by atoms with Gasteiger partial charge in [-0.3, -0.25) is 4.90 Å². The van der Waals surface area contributed by atoms with E-state index in [1.165, 1.54) is 12.5 Å². The van der Waals surface area contributed by atoms with E-state index in [-0.39, 0.29) is 17.2 Å². The topological polar surface area (TPSA) is 38.5 Å². The summed E-state index contributed by atoms with van der Waals surface area (Å²) in [5.74, 6) is -0.399. The van der Waals surface area contributed by atoms with E-state index in [0.717, 1.165) is 31.6 Å². The number of halogens is 2. The number of hydrogen-bond donors (Lipinski definition) is 1. The van der Waals surface area contributed by atoms with Gasteiger partial charge >= 0.3 is 0 Å². The maximum atomic E-state index is 13.2. The third-order valence-corrected chi connectivity index (χ3v) is 4.14. The maximum absolute atomic E-state index is 13.2. The van der Waals surface area contributed by atoms with Crippen molar-refractivity contribution >= 4 is 11.6 Å². The van der Waals surface area contributed by atoms with Crippen LogP contribution in [-0.2, 0) is 4.74 Å². The Morgan fingerprint density at radius 2 is 2.30 bits per heavy atom. The molecule has 0 aromatic heterocycles. The van der Waals surface area contributed by atoms with E-state index >= 15 is 0 Å². The van der Waals surface area contributed by atoms with Crippen LogP contribution in [0.2, 0.25) is 5.02 Å². The van der Waals surface area contributed by atoms with Crippen molar-refractivity contribution < 1.29 is 9.13 Å². The van der Waals surface area contributed by atoms with Gasteiger partial charge in [0.25, 0.3) is 0 Å². The summed E-state index contributed by atoms with van der Waals surface area (Å²) < 4.78 is 19.0. The summed E-state index contributed by atoms with van der Waals surface area (Å²) in [4.78, 5) is 2.17. The molecule has 3 nitrogen and oxygen atoms in total. The van der Waals surface area contributed by atoms with E-state index < -0.39 is 5.82 Å².